The first-order chi connectivity index (χ1) is 13.6. The van der Waals surface area contributed by atoms with E-state index < -0.39 is 5.97 Å². The van der Waals surface area contributed by atoms with Crippen molar-refractivity contribution in [2.24, 2.45) is 5.92 Å². The molecule has 0 spiro atoms. The van der Waals surface area contributed by atoms with Crippen LogP contribution >= 0.6 is 0 Å². The van der Waals surface area contributed by atoms with E-state index in [1.165, 1.54) is 0 Å². The Morgan fingerprint density at radius 2 is 1.93 bits per heavy atom. The first-order valence-electron chi connectivity index (χ1n) is 9.21. The third-order valence-electron chi connectivity index (χ3n) is 5.05. The largest absolute Gasteiger partial charge is 0.481 e. The fraction of sp³-hybridized carbons (Fsp3) is 0.300. The van der Waals surface area contributed by atoms with Gasteiger partial charge in [-0.15, -0.1) is 0 Å². The van der Waals surface area contributed by atoms with Crippen LogP contribution in [0.1, 0.15) is 25.7 Å². The summed E-state index contributed by atoms with van der Waals surface area (Å²) in [4.78, 5) is 27.5. The number of hydrogen-bond donors (Lipinski definition) is 3. The van der Waals surface area contributed by atoms with Crippen LogP contribution in [0.25, 0.3) is 22.2 Å². The minimum absolute atomic E-state index is 0.0324. The van der Waals surface area contributed by atoms with E-state index in [1.54, 1.807) is 12.3 Å². The molecule has 28 heavy (non-hydrogen) atoms. The maximum absolute atomic E-state index is 12.2. The second-order valence-electron chi connectivity index (χ2n) is 6.97. The molecule has 3 aromatic rings. The zero-order valence-corrected chi connectivity index (χ0v) is 15.1. The van der Waals surface area contributed by atoms with Gasteiger partial charge in [0.2, 0.25) is 0 Å². The molecular formula is C20H20N4O4. The van der Waals surface area contributed by atoms with E-state index in [4.69, 9.17) is 9.63 Å². The lowest BCUT2D eigenvalue weighted by Crippen LogP contribution is -2.41. The number of aliphatic carboxylic acids is 1. The molecule has 1 aromatic carbocycles. The standard InChI is InChI=1S/C20H20N4O4/c25-19(26)12-3-6-15(7-4-12)22-20(27)23-18-11-17(28-24-18)14-5-8-16-13(10-14)2-1-9-21-16/h1-2,5,8-12,15H,3-4,6-7H2,(H,25,26)(H2,22,23,24,27). The van der Waals surface area contributed by atoms with Gasteiger partial charge < -0.3 is 14.9 Å². The molecule has 3 N–H and O–H groups in total. The lowest BCUT2D eigenvalue weighted by atomic mass is 9.86. The minimum atomic E-state index is -0.762. The molecular weight excluding hydrogens is 360 g/mol. The van der Waals surface area contributed by atoms with Crippen molar-refractivity contribution in [1.29, 1.82) is 0 Å². The number of nitrogens with one attached hydrogen (secondary N) is 2. The summed E-state index contributed by atoms with van der Waals surface area (Å²) in [7, 11) is 0. The van der Waals surface area contributed by atoms with Gasteiger partial charge in [-0.2, -0.15) is 0 Å². The number of hydrogen-bond acceptors (Lipinski definition) is 5. The van der Waals surface area contributed by atoms with Crippen LogP contribution < -0.4 is 10.6 Å². The van der Waals surface area contributed by atoms with E-state index in [0.717, 1.165) is 16.5 Å². The molecule has 2 aromatic heterocycles. The van der Waals surface area contributed by atoms with Gasteiger partial charge in [-0.1, -0.05) is 11.2 Å². The first-order valence-corrected chi connectivity index (χ1v) is 9.21. The molecule has 144 valence electrons. The monoisotopic (exact) mass is 380 g/mol. The molecule has 8 nitrogen and oxygen atoms in total. The van der Waals surface area contributed by atoms with E-state index in [-0.39, 0.29) is 18.0 Å². The lowest BCUT2D eigenvalue weighted by molar-refractivity contribution is -0.142. The number of carbonyl (C=O) groups excluding carboxylic acids is 1. The van der Waals surface area contributed by atoms with Gasteiger partial charge in [0.1, 0.15) is 0 Å². The van der Waals surface area contributed by atoms with Crippen molar-refractivity contribution < 1.29 is 19.2 Å². The van der Waals surface area contributed by atoms with Gasteiger partial charge in [-0.25, -0.2) is 4.79 Å². The maximum atomic E-state index is 12.2. The Morgan fingerprint density at radius 3 is 2.71 bits per heavy atom. The first kappa shape index (κ1) is 18.0. The number of fused-ring (bicyclic) bond motifs is 1. The van der Waals surface area contributed by atoms with Gasteiger partial charge in [-0.05, 0) is 49.9 Å². The van der Waals surface area contributed by atoms with Crippen LogP contribution in [-0.2, 0) is 4.79 Å². The zero-order valence-electron chi connectivity index (χ0n) is 15.1. The fourth-order valence-electron chi connectivity index (χ4n) is 3.52. The van der Waals surface area contributed by atoms with Gasteiger partial charge in [-0.3, -0.25) is 15.1 Å². The Hall–Kier alpha value is -3.42. The number of pyridine rings is 1. The van der Waals surface area contributed by atoms with E-state index in [2.05, 4.69) is 20.8 Å². The molecule has 0 atom stereocenters. The minimum Gasteiger partial charge on any atom is -0.481 e. The molecule has 4 rings (SSSR count). The highest BCUT2D eigenvalue weighted by molar-refractivity contribution is 5.89. The predicted molar refractivity (Wildman–Crippen MR) is 103 cm³/mol. The molecule has 8 heteroatoms. The molecule has 1 saturated carbocycles. The van der Waals surface area contributed by atoms with Crippen molar-refractivity contribution in [2.75, 3.05) is 5.32 Å². The van der Waals surface area contributed by atoms with E-state index in [1.807, 2.05) is 30.3 Å². The Morgan fingerprint density at radius 1 is 1.11 bits per heavy atom. The molecule has 2 amide bonds. The Bertz CT molecular complexity index is 1010. The van der Waals surface area contributed by atoms with Crippen molar-refractivity contribution >= 4 is 28.7 Å². The van der Waals surface area contributed by atoms with Crippen molar-refractivity contribution in [2.45, 2.75) is 31.7 Å². The lowest BCUT2D eigenvalue weighted by Gasteiger charge is -2.26. The van der Waals surface area contributed by atoms with Crippen LogP contribution in [0.5, 0.6) is 0 Å². The summed E-state index contributed by atoms with van der Waals surface area (Å²) in [6.07, 6.45) is 4.20. The highest BCUT2D eigenvalue weighted by atomic mass is 16.5. The van der Waals surface area contributed by atoms with Crippen LogP contribution in [0, 0.1) is 5.92 Å². The molecule has 0 saturated heterocycles. The van der Waals surface area contributed by atoms with Gasteiger partial charge in [0, 0.05) is 29.3 Å². The summed E-state index contributed by atoms with van der Waals surface area (Å²) in [5.74, 6) is -0.208. The number of benzene rings is 1. The van der Waals surface area contributed by atoms with Crippen molar-refractivity contribution in [3.63, 3.8) is 0 Å². The Balaban J connectivity index is 1.36. The maximum Gasteiger partial charge on any atom is 0.320 e. The summed E-state index contributed by atoms with van der Waals surface area (Å²) in [6, 6.07) is 10.8. The molecule has 1 fully saturated rings. The van der Waals surface area contributed by atoms with Crippen LogP contribution in [0.4, 0.5) is 10.6 Å². The SMILES string of the molecule is O=C(Nc1cc(-c2ccc3ncccc3c2)on1)NC1CCC(C(=O)O)CC1. The highest BCUT2D eigenvalue weighted by Gasteiger charge is 2.26. The average molecular weight is 380 g/mol. The van der Waals surface area contributed by atoms with Gasteiger partial charge in [0.25, 0.3) is 0 Å². The van der Waals surface area contributed by atoms with Crippen LogP contribution in [0.3, 0.4) is 0 Å². The molecule has 0 aliphatic heterocycles. The summed E-state index contributed by atoms with van der Waals surface area (Å²) in [6.45, 7) is 0. The number of carboxylic acid groups (broad SMARTS) is 1. The summed E-state index contributed by atoms with van der Waals surface area (Å²) in [5, 5.41) is 19.5. The summed E-state index contributed by atoms with van der Waals surface area (Å²) < 4.78 is 5.35. The molecule has 0 radical (unpaired) electrons. The van der Waals surface area contributed by atoms with Gasteiger partial charge >= 0.3 is 12.0 Å². The number of anilines is 1. The number of carbonyl (C=O) groups is 2. The molecule has 0 bridgehead atoms. The smallest absolute Gasteiger partial charge is 0.320 e. The van der Waals surface area contributed by atoms with Crippen LogP contribution in [0.2, 0.25) is 0 Å². The quantitative estimate of drug-likeness (QED) is 0.636. The predicted octanol–water partition coefficient (Wildman–Crippen LogP) is 3.65. The van der Waals surface area contributed by atoms with Crippen molar-refractivity contribution in [1.82, 2.24) is 15.5 Å². The van der Waals surface area contributed by atoms with Crippen molar-refractivity contribution in [3.05, 3.63) is 42.6 Å². The average Bonchev–Trinajstić information content (AvgIpc) is 3.16. The van der Waals surface area contributed by atoms with E-state index in [0.29, 0.717) is 37.3 Å². The topological polar surface area (TPSA) is 117 Å². The molecule has 1 aliphatic carbocycles. The number of aromatic nitrogens is 2. The van der Waals surface area contributed by atoms with Crippen LogP contribution in [-0.4, -0.2) is 33.3 Å². The summed E-state index contributed by atoms with van der Waals surface area (Å²) in [5.41, 5.74) is 1.73. The van der Waals surface area contributed by atoms with Crippen LogP contribution in [0.15, 0.2) is 47.1 Å². The Kier molecular flexibility index (Phi) is 4.92. The molecule has 0 unspecified atom stereocenters. The zero-order chi connectivity index (χ0) is 19.5. The number of rotatable bonds is 4. The Labute approximate surface area is 160 Å². The van der Waals surface area contributed by atoms with Gasteiger partial charge in [0.05, 0.1) is 11.4 Å². The van der Waals surface area contributed by atoms with Gasteiger partial charge in [0.15, 0.2) is 11.6 Å². The summed E-state index contributed by atoms with van der Waals surface area (Å²) >= 11 is 0. The molecule has 2 heterocycles. The second kappa shape index (κ2) is 7.67. The fourth-order valence-corrected chi connectivity index (χ4v) is 3.52. The normalized spacial score (nSPS) is 19.3. The number of amides is 2. The number of carboxylic acids is 1. The number of nitrogens with zero attached hydrogens (tertiary/aromatic N) is 2. The van der Waals surface area contributed by atoms with E-state index in [9.17, 15) is 9.59 Å². The van der Waals surface area contributed by atoms with E-state index >= 15 is 0 Å². The number of urea groups is 1. The third-order valence-corrected chi connectivity index (χ3v) is 5.05. The molecule has 1 aliphatic rings. The second-order valence-corrected chi connectivity index (χ2v) is 6.97. The van der Waals surface area contributed by atoms with Crippen molar-refractivity contribution in [3.8, 4) is 11.3 Å². The highest BCUT2D eigenvalue weighted by Crippen LogP contribution is 2.26. The third kappa shape index (κ3) is 3.95.